The molecule has 7 nitrogen and oxygen atoms in total. The maximum atomic E-state index is 6.11. The summed E-state index contributed by atoms with van der Waals surface area (Å²) in [4.78, 5) is 0. The van der Waals surface area contributed by atoms with Crippen LogP contribution in [0.3, 0.4) is 0 Å². The largest absolute Gasteiger partial charge is 0.497 e. The highest BCUT2D eigenvalue weighted by Gasteiger charge is 2.23. The second kappa shape index (κ2) is 23.0. The van der Waals surface area contributed by atoms with Crippen LogP contribution < -0.4 is 0 Å². The van der Waals surface area contributed by atoms with E-state index in [0.29, 0.717) is 0 Å². The Labute approximate surface area is 215 Å². The standard InChI is InChI=1S/C28H54O7/c1-9-13-15-19-25(27(31-7)23(29-5)17-11-3)34-21-33-22-35-26(20-16-14-10-2)28(32-8)24(30-6)18-12-4/h25-26H,9-22H2,1-8H3. The van der Waals surface area contributed by atoms with Gasteiger partial charge in [0.25, 0.3) is 0 Å². The zero-order valence-electron chi connectivity index (χ0n) is 23.9. The van der Waals surface area contributed by atoms with Gasteiger partial charge in [0.2, 0.25) is 0 Å². The average molecular weight is 503 g/mol. The third-order valence-electron chi connectivity index (χ3n) is 5.87. The first-order valence-corrected chi connectivity index (χ1v) is 13.5. The average Bonchev–Trinajstić information content (AvgIpc) is 2.87. The first kappa shape index (κ1) is 33.6. The summed E-state index contributed by atoms with van der Waals surface area (Å²) in [6.45, 7) is 8.83. The first-order valence-electron chi connectivity index (χ1n) is 13.5. The monoisotopic (exact) mass is 502 g/mol. The molecule has 0 fully saturated rings. The Morgan fingerprint density at radius 1 is 0.514 bits per heavy atom. The van der Waals surface area contributed by atoms with Crippen molar-refractivity contribution < 1.29 is 33.2 Å². The van der Waals surface area contributed by atoms with Crippen molar-refractivity contribution in [3.63, 3.8) is 0 Å². The Morgan fingerprint density at radius 2 is 0.914 bits per heavy atom. The molecule has 0 spiro atoms. The summed E-state index contributed by atoms with van der Waals surface area (Å²) < 4.78 is 40.6. The second-order valence-electron chi connectivity index (χ2n) is 8.63. The molecule has 0 radical (unpaired) electrons. The molecule has 0 rings (SSSR count). The molecule has 0 saturated heterocycles. The number of hydrogen-bond acceptors (Lipinski definition) is 7. The van der Waals surface area contributed by atoms with Gasteiger partial charge < -0.3 is 33.2 Å². The van der Waals surface area contributed by atoms with Crippen molar-refractivity contribution in [3.8, 4) is 0 Å². The lowest BCUT2D eigenvalue weighted by Crippen LogP contribution is -2.24. The smallest absolute Gasteiger partial charge is 0.162 e. The molecule has 0 heterocycles. The van der Waals surface area contributed by atoms with Crippen molar-refractivity contribution in [2.75, 3.05) is 42.0 Å². The zero-order valence-corrected chi connectivity index (χ0v) is 23.9. The van der Waals surface area contributed by atoms with E-state index in [2.05, 4.69) is 27.7 Å². The van der Waals surface area contributed by atoms with Gasteiger partial charge in [-0.3, -0.25) is 0 Å². The van der Waals surface area contributed by atoms with Crippen LogP contribution >= 0.6 is 0 Å². The van der Waals surface area contributed by atoms with E-state index >= 15 is 0 Å². The number of unbranched alkanes of at least 4 members (excludes halogenated alkanes) is 4. The maximum Gasteiger partial charge on any atom is 0.162 e. The quantitative estimate of drug-likeness (QED) is 0.0771. The summed E-state index contributed by atoms with van der Waals surface area (Å²) in [7, 11) is 6.72. The fourth-order valence-electron chi connectivity index (χ4n) is 3.99. The SMILES string of the molecule is CCCCCC(OCOCOC(CCCCC)C(OC)=C(CCC)OC)C(OC)=C(CCC)OC. The van der Waals surface area contributed by atoms with E-state index in [-0.39, 0.29) is 25.8 Å². The van der Waals surface area contributed by atoms with Crippen LogP contribution in [0.15, 0.2) is 23.0 Å². The normalized spacial score (nSPS) is 14.6. The van der Waals surface area contributed by atoms with Crippen LogP contribution in [0, 0.1) is 0 Å². The Bertz CT molecular complexity index is 512. The van der Waals surface area contributed by atoms with Gasteiger partial charge in [-0.15, -0.1) is 0 Å². The Kier molecular flexibility index (Phi) is 22.0. The molecule has 2 unspecified atom stereocenters. The molecule has 208 valence electrons. The van der Waals surface area contributed by atoms with Gasteiger partial charge in [-0.05, 0) is 25.7 Å². The Morgan fingerprint density at radius 3 is 1.20 bits per heavy atom. The Balaban J connectivity index is 5.19. The molecular weight excluding hydrogens is 448 g/mol. The molecule has 0 aliphatic rings. The summed E-state index contributed by atoms with van der Waals surface area (Å²) in [6.07, 6.45) is 11.5. The van der Waals surface area contributed by atoms with Crippen molar-refractivity contribution in [2.45, 2.75) is 117 Å². The van der Waals surface area contributed by atoms with E-state index in [9.17, 15) is 0 Å². The van der Waals surface area contributed by atoms with Gasteiger partial charge in [0, 0.05) is 12.8 Å². The lowest BCUT2D eigenvalue weighted by molar-refractivity contribution is -0.166. The predicted octanol–water partition coefficient (Wildman–Crippen LogP) is 7.46. The van der Waals surface area contributed by atoms with Crippen LogP contribution in [-0.2, 0) is 33.2 Å². The minimum Gasteiger partial charge on any atom is -0.497 e. The molecule has 35 heavy (non-hydrogen) atoms. The molecule has 0 aromatic rings. The van der Waals surface area contributed by atoms with Crippen LogP contribution in [0.2, 0.25) is 0 Å². The van der Waals surface area contributed by atoms with Crippen molar-refractivity contribution >= 4 is 0 Å². The summed E-state index contributed by atoms with van der Waals surface area (Å²) in [6, 6.07) is 0. The van der Waals surface area contributed by atoms with Gasteiger partial charge in [0.15, 0.2) is 25.1 Å². The minimum absolute atomic E-state index is 0.104. The summed E-state index contributed by atoms with van der Waals surface area (Å²) in [5.41, 5.74) is 0. The Hall–Kier alpha value is -1.44. The van der Waals surface area contributed by atoms with E-state index in [1.54, 1.807) is 28.4 Å². The molecule has 0 amide bonds. The second-order valence-corrected chi connectivity index (χ2v) is 8.63. The van der Waals surface area contributed by atoms with Crippen molar-refractivity contribution in [1.82, 2.24) is 0 Å². The van der Waals surface area contributed by atoms with Gasteiger partial charge in [-0.2, -0.15) is 0 Å². The first-order chi connectivity index (χ1) is 17.1. The molecule has 2 atom stereocenters. The molecule has 0 aromatic carbocycles. The summed E-state index contributed by atoms with van der Waals surface area (Å²) in [5, 5.41) is 0. The van der Waals surface area contributed by atoms with Crippen LogP contribution in [0.5, 0.6) is 0 Å². The molecule has 0 N–H and O–H groups in total. The van der Waals surface area contributed by atoms with Gasteiger partial charge in [0.1, 0.15) is 23.7 Å². The maximum absolute atomic E-state index is 6.11. The summed E-state index contributed by atoms with van der Waals surface area (Å²) >= 11 is 0. The molecular formula is C28H54O7. The van der Waals surface area contributed by atoms with Crippen molar-refractivity contribution in [2.24, 2.45) is 0 Å². The lowest BCUT2D eigenvalue weighted by atomic mass is 10.1. The fourth-order valence-corrected chi connectivity index (χ4v) is 3.99. The number of hydrogen-bond donors (Lipinski definition) is 0. The number of allylic oxidation sites excluding steroid dienone is 2. The highest BCUT2D eigenvalue weighted by Crippen LogP contribution is 2.24. The van der Waals surface area contributed by atoms with Gasteiger partial charge in [-0.1, -0.05) is 66.2 Å². The van der Waals surface area contributed by atoms with Crippen LogP contribution in [0.25, 0.3) is 0 Å². The summed E-state index contributed by atoms with van der Waals surface area (Å²) in [5.74, 6) is 3.17. The van der Waals surface area contributed by atoms with E-state index < -0.39 is 0 Å². The van der Waals surface area contributed by atoms with E-state index in [1.165, 1.54) is 0 Å². The van der Waals surface area contributed by atoms with Crippen LogP contribution in [0.4, 0.5) is 0 Å². The van der Waals surface area contributed by atoms with Gasteiger partial charge in [-0.25, -0.2) is 0 Å². The molecule has 0 saturated carbocycles. The van der Waals surface area contributed by atoms with Gasteiger partial charge in [0.05, 0.1) is 28.4 Å². The third-order valence-corrected chi connectivity index (χ3v) is 5.87. The third kappa shape index (κ3) is 14.0. The zero-order chi connectivity index (χ0) is 26.3. The number of rotatable bonds is 24. The van der Waals surface area contributed by atoms with Crippen molar-refractivity contribution in [3.05, 3.63) is 23.0 Å². The van der Waals surface area contributed by atoms with Crippen molar-refractivity contribution in [1.29, 1.82) is 0 Å². The van der Waals surface area contributed by atoms with E-state index in [1.807, 2.05) is 0 Å². The topological polar surface area (TPSA) is 64.6 Å². The highest BCUT2D eigenvalue weighted by molar-refractivity contribution is 5.08. The fraction of sp³-hybridized carbons (Fsp3) is 0.857. The van der Waals surface area contributed by atoms with E-state index in [4.69, 9.17) is 33.2 Å². The number of methoxy groups -OCH3 is 4. The lowest BCUT2D eigenvalue weighted by Gasteiger charge is -2.24. The minimum atomic E-state index is -0.215. The van der Waals surface area contributed by atoms with Crippen LogP contribution in [0.1, 0.15) is 105 Å². The van der Waals surface area contributed by atoms with E-state index in [0.717, 1.165) is 100 Å². The van der Waals surface area contributed by atoms with Gasteiger partial charge >= 0.3 is 0 Å². The van der Waals surface area contributed by atoms with Crippen LogP contribution in [-0.4, -0.2) is 54.2 Å². The molecule has 0 aliphatic heterocycles. The predicted molar refractivity (Wildman–Crippen MR) is 141 cm³/mol. The molecule has 0 bridgehead atoms. The number of ether oxygens (including phenoxy) is 7. The molecule has 0 aliphatic carbocycles. The molecule has 7 heteroatoms. The highest BCUT2D eigenvalue weighted by atomic mass is 16.7. The molecule has 0 aromatic heterocycles.